The van der Waals surface area contributed by atoms with E-state index in [0.29, 0.717) is 18.7 Å². The van der Waals surface area contributed by atoms with Crippen LogP contribution in [0.4, 0.5) is 4.79 Å². The number of carbonyl (C=O) groups is 2. The Bertz CT molecular complexity index is 675. The highest BCUT2D eigenvalue weighted by molar-refractivity contribution is 9.10. The third-order valence-corrected chi connectivity index (χ3v) is 5.60. The van der Waals surface area contributed by atoms with Crippen molar-refractivity contribution < 1.29 is 14.7 Å². The number of fused-ring (bicyclic) bond motifs is 5. The zero-order valence-corrected chi connectivity index (χ0v) is 13.6. The second-order valence-electron chi connectivity index (χ2n) is 6.14. The van der Waals surface area contributed by atoms with Crippen LogP contribution in [0.25, 0.3) is 0 Å². The number of nitrogens with zero attached hydrogens (tertiary/aromatic N) is 2. The molecule has 0 spiro atoms. The van der Waals surface area contributed by atoms with Crippen LogP contribution in [0.1, 0.15) is 36.3 Å². The number of carbonyl (C=O) groups excluding carboxylic acids is 2. The van der Waals surface area contributed by atoms with Gasteiger partial charge in [0.15, 0.2) is 5.72 Å². The lowest BCUT2D eigenvalue weighted by Gasteiger charge is -2.32. The molecule has 22 heavy (non-hydrogen) atoms. The van der Waals surface area contributed by atoms with Gasteiger partial charge < -0.3 is 20.3 Å². The molecule has 1 aromatic heterocycles. The molecule has 8 heteroatoms. The monoisotopic (exact) mass is 368 g/mol. The highest BCUT2D eigenvalue weighted by Crippen LogP contribution is 2.46. The number of urea groups is 1. The van der Waals surface area contributed by atoms with Crippen LogP contribution in [0, 0.1) is 0 Å². The van der Waals surface area contributed by atoms with Crippen LogP contribution in [0.2, 0.25) is 0 Å². The molecule has 4 atom stereocenters. The van der Waals surface area contributed by atoms with Gasteiger partial charge in [0.25, 0.3) is 5.91 Å². The quantitative estimate of drug-likeness (QED) is 0.721. The van der Waals surface area contributed by atoms with Crippen molar-refractivity contribution in [1.82, 2.24) is 20.1 Å². The first-order valence-electron chi connectivity index (χ1n) is 7.45. The Labute approximate surface area is 135 Å². The largest absolute Gasteiger partial charge is 0.368 e. The number of rotatable bonds is 2. The Morgan fingerprint density at radius 1 is 1.41 bits per heavy atom. The molecule has 7 nitrogen and oxygen atoms in total. The van der Waals surface area contributed by atoms with Crippen molar-refractivity contribution in [2.24, 2.45) is 0 Å². The fraction of sp³-hybridized carbons (Fsp3) is 0.571. The molecule has 0 aromatic carbocycles. The second-order valence-corrected chi connectivity index (χ2v) is 6.95. The Hall–Kier alpha value is -1.54. The number of aromatic nitrogens is 1. The van der Waals surface area contributed by atoms with E-state index in [2.05, 4.69) is 26.6 Å². The summed E-state index contributed by atoms with van der Waals surface area (Å²) in [5.41, 5.74) is -0.689. The molecule has 118 valence electrons. The number of hydrogen-bond donors (Lipinski definition) is 3. The Kier molecular flexibility index (Phi) is 2.87. The van der Waals surface area contributed by atoms with Gasteiger partial charge in [-0.05, 0) is 34.5 Å². The van der Waals surface area contributed by atoms with Gasteiger partial charge in [-0.15, -0.1) is 0 Å². The summed E-state index contributed by atoms with van der Waals surface area (Å²) in [5.74, 6) is -0.181. The van der Waals surface area contributed by atoms with Crippen LogP contribution in [0.15, 0.2) is 16.7 Å². The molecule has 1 saturated carbocycles. The predicted octanol–water partition coefficient (Wildman–Crippen LogP) is 0.800. The maximum Gasteiger partial charge on any atom is 0.320 e. The summed E-state index contributed by atoms with van der Waals surface area (Å²) in [4.78, 5) is 25.9. The van der Waals surface area contributed by atoms with Gasteiger partial charge in [-0.1, -0.05) is 6.92 Å². The highest BCUT2D eigenvalue weighted by atomic mass is 79.9. The summed E-state index contributed by atoms with van der Waals surface area (Å²) >= 11 is 3.47. The van der Waals surface area contributed by atoms with Crippen molar-refractivity contribution in [3.05, 3.63) is 22.4 Å². The van der Waals surface area contributed by atoms with Crippen molar-refractivity contribution >= 4 is 27.9 Å². The average molecular weight is 369 g/mol. The molecule has 0 unspecified atom stereocenters. The van der Waals surface area contributed by atoms with Gasteiger partial charge >= 0.3 is 6.03 Å². The van der Waals surface area contributed by atoms with Crippen molar-refractivity contribution in [3.63, 3.8) is 0 Å². The molecular formula is C14H17BrN4O3. The van der Waals surface area contributed by atoms with E-state index in [9.17, 15) is 14.7 Å². The summed E-state index contributed by atoms with van der Waals surface area (Å²) in [6.45, 7) is 2.46. The van der Waals surface area contributed by atoms with E-state index in [1.807, 2.05) is 17.6 Å². The van der Waals surface area contributed by atoms with Gasteiger partial charge in [-0.2, -0.15) is 0 Å². The van der Waals surface area contributed by atoms with Crippen molar-refractivity contribution in [3.8, 4) is 0 Å². The standard InChI is InChI=1S/C14H17BrN4O3/c1-2-5-18-13(21)17-11-10-8(6-14(11,18)22)19-7(12(20)16-10)3-4-9(19)15/h3-4,8,10-11,22H,2,5-6H2,1H3,(H,16,20)(H,17,21)/t8-,10-,11+,14-/m1/s1. The fourth-order valence-corrected chi connectivity index (χ4v) is 4.65. The van der Waals surface area contributed by atoms with Gasteiger partial charge in [-0.25, -0.2) is 4.79 Å². The minimum Gasteiger partial charge on any atom is -0.368 e. The zero-order chi connectivity index (χ0) is 15.6. The van der Waals surface area contributed by atoms with Crippen LogP contribution in [-0.4, -0.2) is 50.9 Å². The third kappa shape index (κ3) is 1.59. The van der Waals surface area contributed by atoms with E-state index in [0.717, 1.165) is 11.0 Å². The molecular weight excluding hydrogens is 352 g/mol. The third-order valence-electron chi connectivity index (χ3n) is 4.95. The summed E-state index contributed by atoms with van der Waals surface area (Å²) in [6.07, 6.45) is 1.16. The first kappa shape index (κ1) is 14.1. The second kappa shape index (κ2) is 4.48. The molecule has 1 aromatic rings. The van der Waals surface area contributed by atoms with E-state index in [-0.39, 0.29) is 24.0 Å². The molecule has 3 amide bonds. The van der Waals surface area contributed by atoms with Gasteiger partial charge in [0.1, 0.15) is 11.7 Å². The first-order chi connectivity index (χ1) is 10.5. The summed E-state index contributed by atoms with van der Waals surface area (Å²) in [7, 11) is 0. The van der Waals surface area contributed by atoms with Gasteiger partial charge in [-0.3, -0.25) is 9.69 Å². The normalized spacial score (nSPS) is 35.8. The molecule has 1 saturated heterocycles. The van der Waals surface area contributed by atoms with Crippen molar-refractivity contribution in [2.75, 3.05) is 6.54 Å². The molecule has 0 radical (unpaired) electrons. The van der Waals surface area contributed by atoms with Crippen LogP contribution in [0.5, 0.6) is 0 Å². The zero-order valence-electron chi connectivity index (χ0n) is 12.0. The van der Waals surface area contributed by atoms with E-state index < -0.39 is 11.8 Å². The minimum absolute atomic E-state index is 0.0907. The smallest absolute Gasteiger partial charge is 0.320 e. The summed E-state index contributed by atoms with van der Waals surface area (Å²) in [6, 6.07) is 2.42. The van der Waals surface area contributed by atoms with E-state index in [4.69, 9.17) is 0 Å². The van der Waals surface area contributed by atoms with Crippen molar-refractivity contribution in [1.29, 1.82) is 0 Å². The molecule has 1 aliphatic carbocycles. The van der Waals surface area contributed by atoms with Gasteiger partial charge in [0.05, 0.1) is 16.7 Å². The lowest BCUT2D eigenvalue weighted by Crippen LogP contribution is -2.56. The van der Waals surface area contributed by atoms with Gasteiger partial charge in [0.2, 0.25) is 0 Å². The molecule has 3 N–H and O–H groups in total. The Morgan fingerprint density at radius 2 is 2.18 bits per heavy atom. The first-order valence-corrected chi connectivity index (χ1v) is 8.24. The van der Waals surface area contributed by atoms with E-state index in [1.54, 1.807) is 6.07 Å². The molecule has 3 heterocycles. The highest BCUT2D eigenvalue weighted by Gasteiger charge is 2.64. The maximum absolute atomic E-state index is 12.3. The number of aliphatic hydroxyl groups is 1. The number of halogens is 1. The van der Waals surface area contributed by atoms with Crippen LogP contribution in [0.3, 0.4) is 0 Å². The SMILES string of the molecule is CCCN1C(=O)N[C@H]2[C@@H]3NC(=O)c4ccc(Br)n4[C@@H]3C[C@@]21O. The molecule has 4 rings (SSSR count). The lowest BCUT2D eigenvalue weighted by atomic mass is 10.1. The predicted molar refractivity (Wildman–Crippen MR) is 81.3 cm³/mol. The van der Waals surface area contributed by atoms with E-state index >= 15 is 0 Å². The lowest BCUT2D eigenvalue weighted by molar-refractivity contribution is -0.0676. The van der Waals surface area contributed by atoms with Crippen LogP contribution >= 0.6 is 15.9 Å². The number of hydrogen-bond acceptors (Lipinski definition) is 3. The molecule has 2 fully saturated rings. The number of nitrogens with one attached hydrogen (secondary N) is 2. The molecule has 0 bridgehead atoms. The van der Waals surface area contributed by atoms with E-state index in [1.165, 1.54) is 4.90 Å². The van der Waals surface area contributed by atoms with Crippen LogP contribution < -0.4 is 10.6 Å². The minimum atomic E-state index is -1.26. The van der Waals surface area contributed by atoms with Gasteiger partial charge in [0, 0.05) is 13.0 Å². The average Bonchev–Trinajstić information content (AvgIpc) is 3.05. The summed E-state index contributed by atoms with van der Waals surface area (Å²) in [5, 5.41) is 16.9. The molecule has 2 aliphatic heterocycles. The van der Waals surface area contributed by atoms with Crippen LogP contribution in [-0.2, 0) is 0 Å². The number of amides is 3. The summed E-state index contributed by atoms with van der Waals surface area (Å²) < 4.78 is 2.72. The Balaban J connectivity index is 1.77. The topological polar surface area (TPSA) is 86.6 Å². The fourth-order valence-electron chi connectivity index (χ4n) is 4.06. The Morgan fingerprint density at radius 3 is 2.91 bits per heavy atom. The maximum atomic E-state index is 12.3. The molecule has 3 aliphatic rings. The van der Waals surface area contributed by atoms with Crippen molar-refractivity contribution in [2.45, 2.75) is 43.6 Å².